The minimum absolute atomic E-state index is 0.208. The van der Waals surface area contributed by atoms with Crippen LogP contribution in [0.3, 0.4) is 0 Å². The van der Waals surface area contributed by atoms with E-state index in [2.05, 4.69) is 11.1 Å². The number of hydrogen-bond acceptors (Lipinski definition) is 5. The summed E-state index contributed by atoms with van der Waals surface area (Å²) in [4.78, 5) is 18.5. The van der Waals surface area contributed by atoms with Gasteiger partial charge < -0.3 is 9.64 Å². The number of thiazole rings is 1. The minimum atomic E-state index is 0.208. The van der Waals surface area contributed by atoms with Crippen LogP contribution in [0.2, 0.25) is 0 Å². The molecular weight excluding hydrogens is 292 g/mol. The maximum Gasteiger partial charge on any atom is 0.232 e. The van der Waals surface area contributed by atoms with Crippen LogP contribution in [0.15, 0.2) is 24.3 Å². The number of thioether (sulfide) groups is 1. The Balaban J connectivity index is 1.50. The SMILES string of the molecule is O=C(CSCc1nc2ccccc2s1)N1CCOCC1. The Labute approximate surface area is 126 Å². The molecule has 1 saturated heterocycles. The van der Waals surface area contributed by atoms with Crippen LogP contribution in [0.1, 0.15) is 5.01 Å². The molecule has 20 heavy (non-hydrogen) atoms. The highest BCUT2D eigenvalue weighted by Gasteiger charge is 2.16. The number of morpholine rings is 1. The molecule has 0 atom stereocenters. The van der Waals surface area contributed by atoms with Crippen LogP contribution in [0.25, 0.3) is 10.2 Å². The third-order valence-electron chi connectivity index (χ3n) is 3.15. The summed E-state index contributed by atoms with van der Waals surface area (Å²) in [5.41, 5.74) is 1.05. The van der Waals surface area contributed by atoms with Crippen molar-refractivity contribution in [2.24, 2.45) is 0 Å². The molecule has 4 nitrogen and oxygen atoms in total. The third-order valence-corrected chi connectivity index (χ3v) is 5.30. The zero-order valence-corrected chi connectivity index (χ0v) is 12.7. The second-order valence-electron chi connectivity index (χ2n) is 4.56. The molecule has 1 aromatic heterocycles. The standard InChI is InChI=1S/C14H16N2O2S2/c17-14(16-5-7-18-8-6-16)10-19-9-13-15-11-3-1-2-4-12(11)20-13/h1-4H,5-10H2. The van der Waals surface area contributed by atoms with Gasteiger partial charge in [-0.3, -0.25) is 4.79 Å². The van der Waals surface area contributed by atoms with E-state index in [1.807, 2.05) is 23.1 Å². The van der Waals surface area contributed by atoms with Gasteiger partial charge in [-0.1, -0.05) is 12.1 Å². The van der Waals surface area contributed by atoms with Crippen LogP contribution < -0.4 is 0 Å². The van der Waals surface area contributed by atoms with E-state index < -0.39 is 0 Å². The van der Waals surface area contributed by atoms with Crippen LogP contribution in [-0.4, -0.2) is 47.8 Å². The van der Waals surface area contributed by atoms with E-state index in [0.717, 1.165) is 29.4 Å². The molecule has 1 aromatic carbocycles. The van der Waals surface area contributed by atoms with Gasteiger partial charge in [-0.15, -0.1) is 23.1 Å². The summed E-state index contributed by atoms with van der Waals surface area (Å²) < 4.78 is 6.46. The molecule has 0 radical (unpaired) electrons. The van der Waals surface area contributed by atoms with Crippen molar-refractivity contribution in [3.8, 4) is 0 Å². The Morgan fingerprint density at radius 1 is 1.35 bits per heavy atom. The van der Waals surface area contributed by atoms with Crippen molar-refractivity contribution in [3.05, 3.63) is 29.3 Å². The molecule has 1 amide bonds. The van der Waals surface area contributed by atoms with Gasteiger partial charge in [-0.05, 0) is 12.1 Å². The second kappa shape index (κ2) is 6.56. The molecule has 2 aromatic rings. The average molecular weight is 308 g/mol. The fraction of sp³-hybridized carbons (Fsp3) is 0.429. The van der Waals surface area contributed by atoms with Crippen LogP contribution >= 0.6 is 23.1 Å². The number of hydrogen-bond donors (Lipinski definition) is 0. The summed E-state index contributed by atoms with van der Waals surface area (Å²) in [6, 6.07) is 8.14. The first-order chi connectivity index (χ1) is 9.83. The van der Waals surface area contributed by atoms with Crippen LogP contribution in [-0.2, 0) is 15.3 Å². The normalized spacial score (nSPS) is 15.7. The van der Waals surface area contributed by atoms with E-state index in [9.17, 15) is 4.79 Å². The number of ether oxygens (including phenoxy) is 1. The molecule has 0 N–H and O–H groups in total. The highest BCUT2D eigenvalue weighted by Crippen LogP contribution is 2.24. The Kier molecular flexibility index (Phi) is 4.54. The zero-order valence-electron chi connectivity index (χ0n) is 11.1. The summed E-state index contributed by atoms with van der Waals surface area (Å²) in [5.74, 6) is 1.53. The first kappa shape index (κ1) is 13.9. The maximum atomic E-state index is 12.0. The lowest BCUT2D eigenvalue weighted by molar-refractivity contribution is -0.132. The summed E-state index contributed by atoms with van der Waals surface area (Å²) in [7, 11) is 0. The van der Waals surface area contributed by atoms with E-state index in [1.54, 1.807) is 23.1 Å². The van der Waals surface area contributed by atoms with Gasteiger partial charge in [0.25, 0.3) is 0 Å². The Hall–Kier alpha value is -1.11. The fourth-order valence-electron chi connectivity index (χ4n) is 2.11. The Morgan fingerprint density at radius 2 is 2.15 bits per heavy atom. The number of amides is 1. The molecule has 2 heterocycles. The van der Waals surface area contributed by atoms with Gasteiger partial charge >= 0.3 is 0 Å². The van der Waals surface area contributed by atoms with Gasteiger partial charge in [0.05, 0.1) is 29.2 Å². The lowest BCUT2D eigenvalue weighted by Gasteiger charge is -2.26. The summed E-state index contributed by atoms with van der Waals surface area (Å²) in [6.07, 6.45) is 0. The Morgan fingerprint density at radius 3 is 2.95 bits per heavy atom. The van der Waals surface area contributed by atoms with Crippen LogP contribution in [0, 0.1) is 0 Å². The number of rotatable bonds is 4. The molecule has 0 spiro atoms. The van der Waals surface area contributed by atoms with Crippen molar-refractivity contribution in [1.82, 2.24) is 9.88 Å². The molecule has 106 valence electrons. The van der Waals surface area contributed by atoms with Crippen molar-refractivity contribution in [2.75, 3.05) is 32.1 Å². The van der Waals surface area contributed by atoms with Gasteiger partial charge in [0.1, 0.15) is 5.01 Å². The molecule has 0 saturated carbocycles. The van der Waals surface area contributed by atoms with Crippen molar-refractivity contribution >= 4 is 39.2 Å². The van der Waals surface area contributed by atoms with Crippen molar-refractivity contribution < 1.29 is 9.53 Å². The summed E-state index contributed by atoms with van der Waals surface area (Å²) >= 11 is 3.35. The number of carbonyl (C=O) groups excluding carboxylic acids is 1. The topological polar surface area (TPSA) is 42.4 Å². The van der Waals surface area contributed by atoms with Gasteiger partial charge in [-0.25, -0.2) is 4.98 Å². The first-order valence-electron chi connectivity index (χ1n) is 6.60. The zero-order chi connectivity index (χ0) is 13.8. The van der Waals surface area contributed by atoms with E-state index in [0.29, 0.717) is 19.0 Å². The summed E-state index contributed by atoms with van der Waals surface area (Å²) in [6.45, 7) is 2.77. The largest absolute Gasteiger partial charge is 0.378 e. The summed E-state index contributed by atoms with van der Waals surface area (Å²) in [5, 5.41) is 1.09. The number of carbonyl (C=O) groups is 1. The molecule has 1 aliphatic rings. The fourth-order valence-corrected chi connectivity index (χ4v) is 4.06. The monoisotopic (exact) mass is 308 g/mol. The third kappa shape index (κ3) is 3.31. The van der Waals surface area contributed by atoms with Crippen molar-refractivity contribution in [1.29, 1.82) is 0 Å². The molecule has 3 rings (SSSR count). The number of benzene rings is 1. The van der Waals surface area contributed by atoms with Crippen molar-refractivity contribution in [2.45, 2.75) is 5.75 Å². The average Bonchev–Trinajstić information content (AvgIpc) is 2.90. The van der Waals surface area contributed by atoms with Gasteiger partial charge in [0.2, 0.25) is 5.91 Å². The number of fused-ring (bicyclic) bond motifs is 1. The van der Waals surface area contributed by atoms with E-state index in [-0.39, 0.29) is 5.91 Å². The maximum absolute atomic E-state index is 12.0. The highest BCUT2D eigenvalue weighted by molar-refractivity contribution is 7.99. The molecule has 0 aliphatic carbocycles. The molecule has 1 fully saturated rings. The molecular formula is C14H16N2O2S2. The number of nitrogens with zero attached hydrogens (tertiary/aromatic N) is 2. The predicted molar refractivity (Wildman–Crippen MR) is 83.2 cm³/mol. The molecule has 1 aliphatic heterocycles. The second-order valence-corrected chi connectivity index (χ2v) is 6.66. The highest BCUT2D eigenvalue weighted by atomic mass is 32.2. The number of aromatic nitrogens is 1. The van der Waals surface area contributed by atoms with Gasteiger partial charge in [0.15, 0.2) is 0 Å². The number of para-hydroxylation sites is 1. The first-order valence-corrected chi connectivity index (χ1v) is 8.58. The molecule has 6 heteroatoms. The lowest BCUT2D eigenvalue weighted by Crippen LogP contribution is -2.41. The van der Waals surface area contributed by atoms with E-state index in [1.165, 1.54) is 4.70 Å². The van der Waals surface area contributed by atoms with Crippen LogP contribution in [0.5, 0.6) is 0 Å². The molecule has 0 unspecified atom stereocenters. The van der Waals surface area contributed by atoms with Gasteiger partial charge in [0, 0.05) is 18.8 Å². The van der Waals surface area contributed by atoms with E-state index >= 15 is 0 Å². The Bertz CT molecular complexity index is 561. The smallest absolute Gasteiger partial charge is 0.232 e. The van der Waals surface area contributed by atoms with Gasteiger partial charge in [-0.2, -0.15) is 0 Å². The van der Waals surface area contributed by atoms with E-state index in [4.69, 9.17) is 4.74 Å². The van der Waals surface area contributed by atoms with Crippen molar-refractivity contribution in [3.63, 3.8) is 0 Å². The van der Waals surface area contributed by atoms with Crippen LogP contribution in [0.4, 0.5) is 0 Å². The molecule has 0 bridgehead atoms. The predicted octanol–water partition coefficient (Wildman–Crippen LogP) is 2.39. The quantitative estimate of drug-likeness (QED) is 0.870. The minimum Gasteiger partial charge on any atom is -0.378 e. The lowest BCUT2D eigenvalue weighted by atomic mass is 10.3.